The van der Waals surface area contributed by atoms with E-state index in [0.29, 0.717) is 0 Å². The molecule has 0 aliphatic heterocycles. The molecule has 0 fully saturated rings. The Hall–Kier alpha value is -1.27. The van der Waals surface area contributed by atoms with E-state index in [2.05, 4.69) is 0 Å². The van der Waals surface area contributed by atoms with Crippen LogP contribution in [0.1, 0.15) is 25.7 Å². The van der Waals surface area contributed by atoms with Crippen LogP contribution >= 0.6 is 7.82 Å². The van der Waals surface area contributed by atoms with Gasteiger partial charge >= 0.3 is 94.9 Å². The summed E-state index contributed by atoms with van der Waals surface area (Å²) in [7, 11) is -5.14. The fourth-order valence-corrected chi connectivity index (χ4v) is 1.43. The van der Waals surface area contributed by atoms with E-state index in [0.717, 1.165) is 0 Å². The summed E-state index contributed by atoms with van der Waals surface area (Å²) in [4.78, 5) is 85.3. The van der Waals surface area contributed by atoms with E-state index < -0.39 is 80.5 Å². The van der Waals surface area contributed by atoms with E-state index in [1.165, 1.54) is 0 Å². The Morgan fingerprint density at radius 2 is 0.667 bits per heavy atom. The van der Waals surface area contributed by atoms with Gasteiger partial charge in [-0.15, -0.1) is 0 Å². The van der Waals surface area contributed by atoms with Crippen molar-refractivity contribution >= 4 is 43.6 Å². The molecule has 0 saturated carbocycles. The third-order valence-electron chi connectivity index (χ3n) is 2.57. The van der Waals surface area contributed by atoms with Crippen LogP contribution in [0.2, 0.25) is 0 Å². The van der Waals surface area contributed by atoms with Crippen LogP contribution in [-0.4, -0.2) is 109 Å². The van der Waals surface area contributed by atoms with Gasteiger partial charge in [-0.3, -0.25) is 19.2 Å². The molecule has 36 heavy (non-hydrogen) atoms. The summed E-state index contributed by atoms with van der Waals surface area (Å²) in [5, 5.41) is 67.6. The summed E-state index contributed by atoms with van der Waals surface area (Å²) >= 11 is 0. The number of hydrogen-bond acceptors (Lipinski definition) is 11. The van der Waals surface area contributed by atoms with Crippen LogP contribution in [0, 0.1) is 0 Å². The smallest absolute Gasteiger partial charge is 0.790 e. The van der Waals surface area contributed by atoms with Gasteiger partial charge in [-0.25, -0.2) is 9.59 Å². The van der Waals surface area contributed by atoms with Crippen LogP contribution in [0.5, 0.6) is 0 Å². The quantitative estimate of drug-likeness (QED) is 0.0855. The van der Waals surface area contributed by atoms with Gasteiger partial charge in [-0.2, -0.15) is 0 Å². The van der Waals surface area contributed by atoms with Crippen molar-refractivity contribution in [3.05, 3.63) is 0 Å². The topological polar surface area (TPSA) is 442 Å². The molecule has 0 rings (SSSR count). The number of aliphatic hydroxyl groups is 2. The first-order valence-electron chi connectivity index (χ1n) is 7.09. The fourth-order valence-electron chi connectivity index (χ4n) is 1.43. The van der Waals surface area contributed by atoms with Crippen molar-refractivity contribution in [2.45, 2.75) is 36.9 Å². The van der Waals surface area contributed by atoms with Crippen molar-refractivity contribution in [2.24, 2.45) is 0 Å². The predicted octanol–water partition coefficient (Wildman–Crippen LogP) is -13.2. The molecule has 0 aromatic carbocycles. The maximum Gasteiger partial charge on any atom is 1.00 e. The van der Waals surface area contributed by atoms with E-state index in [9.17, 15) is 28.8 Å². The Bertz CT molecular complexity index is 655. The Morgan fingerprint density at radius 3 is 0.722 bits per heavy atom. The van der Waals surface area contributed by atoms with E-state index in [1.54, 1.807) is 0 Å². The molecule has 0 aromatic rings. The number of carboxylic acid groups (broad SMARTS) is 6. The van der Waals surface area contributed by atoms with E-state index in [4.69, 9.17) is 60.1 Å². The molecule has 0 aliphatic rings. The number of hydrogen-bond donors (Lipinski definition) is 9. The second-order valence-corrected chi connectivity index (χ2v) is 6.36. The molecule has 0 aliphatic carbocycles. The fraction of sp³-hybridized carbons (Fsp3) is 0.500. The first-order chi connectivity index (χ1) is 13.6. The molecule has 0 bridgehead atoms. The Balaban J connectivity index is -0.0000000547. The normalized spacial score (nSPS) is 9.47. The number of carboxylic acids is 6. The Morgan fingerprint density at radius 1 is 0.556 bits per heavy atom. The molecule has 0 atom stereocenters. The van der Waals surface area contributed by atoms with Crippen molar-refractivity contribution in [1.29, 1.82) is 0 Å². The summed E-state index contributed by atoms with van der Waals surface area (Å²) < 4.78 is 8.66. The molecule has 0 spiro atoms. The molecule has 0 amide bonds. The summed E-state index contributed by atoms with van der Waals surface area (Å²) in [5.41, 5.74) is -5.48. The number of carbonyl (C=O) groups is 6. The number of aliphatic carboxylic acids is 6. The zero-order valence-electron chi connectivity index (χ0n) is 18.5. The second-order valence-electron chi connectivity index (χ2n) is 5.42. The maximum absolute atomic E-state index is 10.3. The SMILES string of the molecule is O.O.O.O=C(O)CC(O)(CC(=O)O)C(=O)O.O=C(O)CC(O)(CC(=O)O)C(=O)O.O=P([O-])([O-])O.[Na+].[Na+]. The minimum atomic E-state index is -5.14. The van der Waals surface area contributed by atoms with Gasteiger partial charge < -0.3 is 76.5 Å². The summed E-state index contributed by atoms with van der Waals surface area (Å²) in [5.74, 6) is -10.0. The van der Waals surface area contributed by atoms with E-state index in [-0.39, 0.29) is 75.5 Å². The molecule has 0 unspecified atom stereocenters. The van der Waals surface area contributed by atoms with Gasteiger partial charge in [0.25, 0.3) is 0 Å². The van der Waals surface area contributed by atoms with Crippen LogP contribution in [0.4, 0.5) is 0 Å². The summed E-state index contributed by atoms with van der Waals surface area (Å²) in [6.45, 7) is 0. The third kappa shape index (κ3) is 34.9. The van der Waals surface area contributed by atoms with Gasteiger partial charge in [0.1, 0.15) is 0 Å². The predicted molar refractivity (Wildman–Crippen MR) is 94.8 cm³/mol. The van der Waals surface area contributed by atoms with Crippen molar-refractivity contribution in [3.8, 4) is 0 Å². The van der Waals surface area contributed by atoms with Gasteiger partial charge in [0.05, 0.1) is 33.5 Å². The van der Waals surface area contributed by atoms with Crippen molar-refractivity contribution in [1.82, 2.24) is 0 Å². The maximum atomic E-state index is 10.3. The minimum absolute atomic E-state index is 0. The molecule has 204 valence electrons. The zero-order chi connectivity index (χ0) is 25.8. The van der Waals surface area contributed by atoms with E-state index >= 15 is 0 Å². The van der Waals surface area contributed by atoms with Gasteiger partial charge in [0.15, 0.2) is 11.2 Å². The van der Waals surface area contributed by atoms with Crippen molar-refractivity contribution in [2.75, 3.05) is 0 Å². The van der Waals surface area contributed by atoms with Crippen LogP contribution in [-0.2, 0) is 33.3 Å². The molecular weight excluding hydrogens is 557 g/mol. The van der Waals surface area contributed by atoms with Crippen LogP contribution in [0.15, 0.2) is 0 Å². The van der Waals surface area contributed by atoms with Crippen molar-refractivity contribution < 1.29 is 164 Å². The largest absolute Gasteiger partial charge is 1.00 e. The molecule has 21 nitrogen and oxygen atoms in total. The first kappa shape index (κ1) is 55.3. The molecule has 0 aromatic heterocycles. The van der Waals surface area contributed by atoms with Crippen LogP contribution < -0.4 is 68.9 Å². The number of phosphoric acid groups is 1. The average Bonchev–Trinajstić information content (AvgIpc) is 2.41. The standard InChI is InChI=1S/2C6H8O7.2Na.H3O4P.3H2O/c2*7-3(8)1-6(13,5(11)12)2-4(9)10;;;1-5(2,3)4;;;/h2*13H,1-2H2,(H,7,8)(H,9,10)(H,11,12);;;(H3,1,2,3,4);3*1H2/q;;2*+1;;;;/p-2. The average molecular weight is 580 g/mol. The molecule has 0 heterocycles. The Kier molecular flexibility index (Phi) is 37.0. The Labute approximate surface area is 243 Å². The van der Waals surface area contributed by atoms with Gasteiger partial charge in [-0.1, -0.05) is 0 Å². The molecule has 0 saturated heterocycles. The third-order valence-corrected chi connectivity index (χ3v) is 2.57. The van der Waals surface area contributed by atoms with Gasteiger partial charge in [0, 0.05) is 0 Å². The molecule has 0 radical (unpaired) electrons. The second kappa shape index (κ2) is 24.1. The zero-order valence-corrected chi connectivity index (χ0v) is 23.4. The summed E-state index contributed by atoms with van der Waals surface area (Å²) in [6.07, 6.45) is -4.58. The van der Waals surface area contributed by atoms with Crippen LogP contribution in [0.25, 0.3) is 0 Å². The van der Waals surface area contributed by atoms with Gasteiger partial charge in [-0.05, 0) is 0 Å². The van der Waals surface area contributed by atoms with Crippen molar-refractivity contribution in [3.63, 3.8) is 0 Å². The molecule has 15 N–H and O–H groups in total. The summed E-state index contributed by atoms with van der Waals surface area (Å²) in [6, 6.07) is 0. The number of rotatable bonds is 10. The van der Waals surface area contributed by atoms with Gasteiger partial charge in [0.2, 0.25) is 0 Å². The molecule has 24 heteroatoms. The van der Waals surface area contributed by atoms with Crippen LogP contribution in [0.3, 0.4) is 0 Å². The monoisotopic (exact) mass is 580 g/mol. The first-order valence-corrected chi connectivity index (χ1v) is 8.59. The van der Waals surface area contributed by atoms with E-state index in [1.807, 2.05) is 0 Å². The minimum Gasteiger partial charge on any atom is -0.790 e. The molecular formula is C12H23Na2O21P.